The zero-order valence-electron chi connectivity index (χ0n) is 12.6. The third-order valence-corrected chi connectivity index (χ3v) is 3.76. The van der Waals surface area contributed by atoms with Crippen LogP contribution in [0, 0.1) is 5.92 Å². The molecule has 0 aliphatic carbocycles. The molecule has 108 valence electrons. The van der Waals surface area contributed by atoms with Gasteiger partial charge in [-0.2, -0.15) is 0 Å². The van der Waals surface area contributed by atoms with Crippen molar-refractivity contribution in [1.82, 2.24) is 5.32 Å². The van der Waals surface area contributed by atoms with E-state index in [0.29, 0.717) is 6.04 Å². The smallest absolute Gasteiger partial charge is 0.0408 e. The molecule has 0 fully saturated rings. The Morgan fingerprint density at radius 2 is 2.00 bits per heavy atom. The molecular weight excluding hydrogens is 254 g/mol. The highest BCUT2D eigenvalue weighted by Gasteiger charge is 2.13. The highest BCUT2D eigenvalue weighted by atomic mass is 35.5. The summed E-state index contributed by atoms with van der Waals surface area (Å²) >= 11 is 6.07. The van der Waals surface area contributed by atoms with Crippen LogP contribution in [0.25, 0.3) is 0 Å². The minimum Gasteiger partial charge on any atom is -0.314 e. The summed E-state index contributed by atoms with van der Waals surface area (Å²) in [5.74, 6) is 0.790. The summed E-state index contributed by atoms with van der Waals surface area (Å²) in [6, 6.07) is 8.83. The Morgan fingerprint density at radius 1 is 1.21 bits per heavy atom. The molecule has 0 bridgehead atoms. The molecule has 0 aliphatic rings. The van der Waals surface area contributed by atoms with Crippen LogP contribution in [-0.4, -0.2) is 12.6 Å². The number of benzene rings is 1. The van der Waals surface area contributed by atoms with Gasteiger partial charge in [0.15, 0.2) is 0 Å². The molecule has 0 saturated heterocycles. The quantitative estimate of drug-likeness (QED) is 0.666. The van der Waals surface area contributed by atoms with E-state index in [1.165, 1.54) is 31.2 Å². The number of rotatable bonds is 9. The van der Waals surface area contributed by atoms with Crippen LogP contribution in [0.15, 0.2) is 24.3 Å². The van der Waals surface area contributed by atoms with Crippen LogP contribution >= 0.6 is 11.6 Å². The van der Waals surface area contributed by atoms with Crippen molar-refractivity contribution in [2.75, 3.05) is 6.54 Å². The van der Waals surface area contributed by atoms with Gasteiger partial charge in [0.1, 0.15) is 0 Å². The average Bonchev–Trinajstić information content (AvgIpc) is 2.36. The molecule has 0 aliphatic heterocycles. The molecule has 0 heterocycles. The summed E-state index contributed by atoms with van der Waals surface area (Å²) in [6.45, 7) is 7.95. The number of halogens is 1. The Bertz CT molecular complexity index is 351. The molecule has 0 aromatic heterocycles. The first-order valence-electron chi connectivity index (χ1n) is 7.63. The molecular formula is C17H28ClN. The van der Waals surface area contributed by atoms with Crippen LogP contribution in [0.3, 0.4) is 0 Å². The van der Waals surface area contributed by atoms with Crippen LogP contribution in [0.4, 0.5) is 0 Å². The molecule has 1 nitrogen and oxygen atoms in total. The van der Waals surface area contributed by atoms with E-state index in [9.17, 15) is 0 Å². The Kier molecular flexibility index (Phi) is 8.16. The van der Waals surface area contributed by atoms with Crippen LogP contribution in [0.5, 0.6) is 0 Å². The van der Waals surface area contributed by atoms with Gasteiger partial charge >= 0.3 is 0 Å². The van der Waals surface area contributed by atoms with Crippen molar-refractivity contribution in [3.8, 4) is 0 Å². The average molecular weight is 282 g/mol. The SMILES string of the molecule is CCCNC(Cc1cccc(Cl)c1)CC(C)CCC. The van der Waals surface area contributed by atoms with Gasteiger partial charge < -0.3 is 5.32 Å². The lowest BCUT2D eigenvalue weighted by Crippen LogP contribution is -2.33. The van der Waals surface area contributed by atoms with Crippen molar-refractivity contribution in [2.45, 2.75) is 58.9 Å². The monoisotopic (exact) mass is 281 g/mol. The van der Waals surface area contributed by atoms with Gasteiger partial charge in [0.05, 0.1) is 0 Å². The first kappa shape index (κ1) is 16.5. The van der Waals surface area contributed by atoms with Gasteiger partial charge in [0.2, 0.25) is 0 Å². The van der Waals surface area contributed by atoms with Gasteiger partial charge in [-0.15, -0.1) is 0 Å². The molecule has 19 heavy (non-hydrogen) atoms. The van der Waals surface area contributed by atoms with Gasteiger partial charge in [0.25, 0.3) is 0 Å². The molecule has 2 atom stereocenters. The van der Waals surface area contributed by atoms with Crippen LogP contribution < -0.4 is 5.32 Å². The van der Waals surface area contributed by atoms with E-state index in [2.05, 4.69) is 38.2 Å². The second-order valence-electron chi connectivity index (χ2n) is 5.61. The Balaban J connectivity index is 2.57. The minimum absolute atomic E-state index is 0.569. The van der Waals surface area contributed by atoms with Crippen LogP contribution in [-0.2, 0) is 6.42 Å². The maximum absolute atomic E-state index is 6.07. The summed E-state index contributed by atoms with van der Waals surface area (Å²) < 4.78 is 0. The summed E-state index contributed by atoms with van der Waals surface area (Å²) in [5.41, 5.74) is 1.34. The number of hydrogen-bond donors (Lipinski definition) is 1. The zero-order chi connectivity index (χ0) is 14.1. The molecule has 0 spiro atoms. The van der Waals surface area contributed by atoms with Crippen molar-refractivity contribution in [2.24, 2.45) is 5.92 Å². The number of nitrogens with one attached hydrogen (secondary N) is 1. The topological polar surface area (TPSA) is 12.0 Å². The maximum Gasteiger partial charge on any atom is 0.0408 e. The van der Waals surface area contributed by atoms with Crippen LogP contribution in [0.1, 0.15) is 52.0 Å². The summed E-state index contributed by atoms with van der Waals surface area (Å²) in [6.07, 6.45) is 6.11. The minimum atomic E-state index is 0.569. The summed E-state index contributed by atoms with van der Waals surface area (Å²) in [5, 5.41) is 4.52. The van der Waals surface area contributed by atoms with Crippen LogP contribution in [0.2, 0.25) is 5.02 Å². The van der Waals surface area contributed by atoms with Gasteiger partial charge in [-0.05, 0) is 49.4 Å². The van der Waals surface area contributed by atoms with E-state index in [1.54, 1.807) is 0 Å². The molecule has 1 aromatic rings. The first-order chi connectivity index (χ1) is 9.15. The Hall–Kier alpha value is -0.530. The molecule has 0 radical (unpaired) electrons. The number of hydrogen-bond acceptors (Lipinski definition) is 1. The second-order valence-corrected chi connectivity index (χ2v) is 6.05. The van der Waals surface area contributed by atoms with E-state index < -0.39 is 0 Å². The van der Waals surface area contributed by atoms with Crippen molar-refractivity contribution in [1.29, 1.82) is 0 Å². The largest absolute Gasteiger partial charge is 0.314 e. The van der Waals surface area contributed by atoms with E-state index in [1.807, 2.05) is 12.1 Å². The molecule has 1 rings (SSSR count). The fourth-order valence-electron chi connectivity index (χ4n) is 2.63. The summed E-state index contributed by atoms with van der Waals surface area (Å²) in [7, 11) is 0. The van der Waals surface area contributed by atoms with Gasteiger partial charge in [-0.3, -0.25) is 0 Å². The van der Waals surface area contributed by atoms with Gasteiger partial charge in [-0.1, -0.05) is 57.3 Å². The predicted molar refractivity (Wildman–Crippen MR) is 85.9 cm³/mol. The van der Waals surface area contributed by atoms with Gasteiger partial charge in [-0.25, -0.2) is 0 Å². The standard InChI is InChI=1S/C17H28ClN/c1-4-7-14(3)11-17(19-10-5-2)13-15-8-6-9-16(18)12-15/h6,8-9,12,14,17,19H,4-5,7,10-11,13H2,1-3H3. The zero-order valence-corrected chi connectivity index (χ0v) is 13.3. The molecule has 0 saturated carbocycles. The molecule has 1 aromatic carbocycles. The molecule has 1 N–H and O–H groups in total. The Morgan fingerprint density at radius 3 is 2.63 bits per heavy atom. The first-order valence-corrected chi connectivity index (χ1v) is 8.01. The Labute approximate surface area is 123 Å². The fraction of sp³-hybridized carbons (Fsp3) is 0.647. The van der Waals surface area contributed by atoms with Crippen molar-refractivity contribution >= 4 is 11.6 Å². The van der Waals surface area contributed by atoms with Crippen molar-refractivity contribution < 1.29 is 0 Å². The maximum atomic E-state index is 6.07. The third kappa shape index (κ3) is 6.98. The highest BCUT2D eigenvalue weighted by Crippen LogP contribution is 2.18. The normalized spacial score (nSPS) is 14.3. The highest BCUT2D eigenvalue weighted by molar-refractivity contribution is 6.30. The lowest BCUT2D eigenvalue weighted by Gasteiger charge is -2.22. The lowest BCUT2D eigenvalue weighted by molar-refractivity contribution is 0.380. The van der Waals surface area contributed by atoms with Gasteiger partial charge in [0, 0.05) is 11.1 Å². The second kappa shape index (κ2) is 9.39. The molecule has 2 heteroatoms. The fourth-order valence-corrected chi connectivity index (χ4v) is 2.84. The van der Waals surface area contributed by atoms with Crippen molar-refractivity contribution in [3.05, 3.63) is 34.9 Å². The molecule has 2 unspecified atom stereocenters. The summed E-state index contributed by atoms with van der Waals surface area (Å²) in [4.78, 5) is 0. The lowest BCUT2D eigenvalue weighted by atomic mass is 9.93. The predicted octanol–water partition coefficient (Wildman–Crippen LogP) is 5.08. The van der Waals surface area contributed by atoms with E-state index in [0.717, 1.165) is 23.9 Å². The van der Waals surface area contributed by atoms with E-state index >= 15 is 0 Å². The van der Waals surface area contributed by atoms with E-state index in [-0.39, 0.29) is 0 Å². The van der Waals surface area contributed by atoms with Crippen molar-refractivity contribution in [3.63, 3.8) is 0 Å². The van der Waals surface area contributed by atoms with E-state index in [4.69, 9.17) is 11.6 Å². The third-order valence-electron chi connectivity index (χ3n) is 3.52. The molecule has 0 amide bonds.